The zero-order valence-corrected chi connectivity index (χ0v) is 19.6. The van der Waals surface area contributed by atoms with Crippen LogP contribution >= 0.6 is 15.9 Å². The van der Waals surface area contributed by atoms with Crippen LogP contribution in [0.15, 0.2) is 46.9 Å². The van der Waals surface area contributed by atoms with Crippen LogP contribution in [-0.2, 0) is 19.1 Å². The van der Waals surface area contributed by atoms with Crippen LogP contribution in [0.5, 0.6) is 0 Å². The highest BCUT2D eigenvalue weighted by Gasteiger charge is 2.61. The zero-order chi connectivity index (χ0) is 23.3. The van der Waals surface area contributed by atoms with Crippen LogP contribution < -0.4 is 10.2 Å². The highest BCUT2D eigenvalue weighted by atomic mass is 79.9. The number of carbonyl (C=O) groups is 4. The number of esters is 1. The molecular weight excluding hydrogens is 488 g/mol. The molecule has 0 unspecified atom stereocenters. The van der Waals surface area contributed by atoms with Crippen molar-refractivity contribution in [2.75, 3.05) is 16.8 Å². The maximum atomic E-state index is 13.0. The Labute approximate surface area is 199 Å². The highest BCUT2D eigenvalue weighted by Crippen LogP contribution is 2.56. The van der Waals surface area contributed by atoms with Crippen LogP contribution in [-0.4, -0.2) is 30.3 Å². The fourth-order valence-corrected chi connectivity index (χ4v) is 5.82. The van der Waals surface area contributed by atoms with E-state index in [4.69, 9.17) is 4.74 Å². The normalized spacial score (nSPS) is 25.3. The summed E-state index contributed by atoms with van der Waals surface area (Å²) in [6.07, 6.45) is 2.98. The summed E-state index contributed by atoms with van der Waals surface area (Å²) >= 11 is 3.40. The lowest BCUT2D eigenvalue weighted by Gasteiger charge is -2.19. The minimum absolute atomic E-state index is 0.160. The lowest BCUT2D eigenvalue weighted by molar-refractivity contribution is -0.123. The van der Waals surface area contributed by atoms with Gasteiger partial charge in [0.05, 0.1) is 23.1 Å². The monoisotopic (exact) mass is 510 g/mol. The van der Waals surface area contributed by atoms with Crippen LogP contribution in [0.4, 0.5) is 11.4 Å². The number of rotatable bonds is 5. The molecule has 0 radical (unpaired) electrons. The molecule has 7 nitrogen and oxygen atoms in total. The van der Waals surface area contributed by atoms with Crippen LogP contribution in [0.3, 0.4) is 0 Å². The lowest BCUT2D eigenvalue weighted by Crippen LogP contribution is -2.32. The van der Waals surface area contributed by atoms with Gasteiger partial charge in [-0.25, -0.2) is 4.79 Å². The van der Waals surface area contributed by atoms with Crippen molar-refractivity contribution >= 4 is 51.0 Å². The Balaban J connectivity index is 1.24. The van der Waals surface area contributed by atoms with E-state index >= 15 is 0 Å². The standard InChI is InChI=1S/C25H23BrN2O5/c1-13-9-17(7-8-19(13)26)27-20(29)12-33-25(32)16-3-2-4-18(11-16)28-23(30)21-14-5-6-15(10-14)22(21)24(28)31/h2-4,7-9,11,14-15,21-22H,5-6,10,12H2,1H3,(H,27,29)/t14-,15-,21-,22-/m0/s1. The molecular formula is C25H23BrN2O5. The van der Waals surface area contributed by atoms with Gasteiger partial charge < -0.3 is 10.1 Å². The summed E-state index contributed by atoms with van der Waals surface area (Å²) in [5.74, 6) is -1.34. The minimum Gasteiger partial charge on any atom is -0.452 e. The van der Waals surface area contributed by atoms with Crippen LogP contribution in [0.1, 0.15) is 35.2 Å². The predicted octanol–water partition coefficient (Wildman–Crippen LogP) is 4.09. The predicted molar refractivity (Wildman–Crippen MR) is 125 cm³/mol. The van der Waals surface area contributed by atoms with Gasteiger partial charge in [-0.1, -0.05) is 22.0 Å². The second kappa shape index (κ2) is 8.41. The van der Waals surface area contributed by atoms with E-state index in [2.05, 4.69) is 21.2 Å². The average Bonchev–Trinajstić information content (AvgIpc) is 3.48. The number of nitrogens with one attached hydrogen (secondary N) is 1. The van der Waals surface area contributed by atoms with Crippen LogP contribution in [0, 0.1) is 30.6 Å². The third kappa shape index (κ3) is 3.86. The van der Waals surface area contributed by atoms with Crippen molar-refractivity contribution in [3.8, 4) is 0 Å². The number of amides is 3. The third-order valence-electron chi connectivity index (χ3n) is 7.04. The summed E-state index contributed by atoms with van der Waals surface area (Å²) in [6.45, 7) is 1.45. The molecule has 0 spiro atoms. The lowest BCUT2D eigenvalue weighted by atomic mass is 9.81. The van der Waals surface area contributed by atoms with Crippen molar-refractivity contribution in [3.05, 3.63) is 58.1 Å². The number of ether oxygens (including phenoxy) is 1. The maximum Gasteiger partial charge on any atom is 0.338 e. The number of halogens is 1. The molecule has 2 aromatic carbocycles. The topological polar surface area (TPSA) is 92.8 Å². The summed E-state index contributed by atoms with van der Waals surface area (Å²) in [6, 6.07) is 11.7. The summed E-state index contributed by atoms with van der Waals surface area (Å²) in [5, 5.41) is 2.69. The van der Waals surface area contributed by atoms with E-state index in [0.717, 1.165) is 29.3 Å². The van der Waals surface area contributed by atoms with Gasteiger partial charge in [-0.05, 0) is 80.0 Å². The van der Waals surface area contributed by atoms with Gasteiger partial charge in [-0.2, -0.15) is 0 Å². The van der Waals surface area contributed by atoms with Gasteiger partial charge in [0.15, 0.2) is 6.61 Å². The molecule has 1 N–H and O–H groups in total. The van der Waals surface area contributed by atoms with Crippen molar-refractivity contribution in [2.45, 2.75) is 26.2 Å². The molecule has 3 amide bonds. The number of aryl methyl sites for hydroxylation is 1. The Hall–Kier alpha value is -3.00. The SMILES string of the molecule is Cc1cc(NC(=O)COC(=O)c2cccc(N3C(=O)[C@H]4[C@H]5CC[C@@H](C5)[C@@H]4C3=O)c2)ccc1Br. The average molecular weight is 511 g/mol. The largest absolute Gasteiger partial charge is 0.452 e. The zero-order valence-electron chi connectivity index (χ0n) is 18.0. The summed E-state index contributed by atoms with van der Waals surface area (Å²) in [5.41, 5.74) is 2.12. The summed E-state index contributed by atoms with van der Waals surface area (Å²) < 4.78 is 6.09. The van der Waals surface area contributed by atoms with E-state index < -0.39 is 18.5 Å². The van der Waals surface area contributed by atoms with E-state index in [0.29, 0.717) is 23.2 Å². The quantitative estimate of drug-likeness (QED) is 0.483. The van der Waals surface area contributed by atoms with Gasteiger partial charge in [-0.15, -0.1) is 0 Å². The van der Waals surface area contributed by atoms with Gasteiger partial charge in [0, 0.05) is 10.2 Å². The molecule has 8 heteroatoms. The second-order valence-corrected chi connectivity index (χ2v) is 9.89. The number of hydrogen-bond donors (Lipinski definition) is 1. The number of carbonyl (C=O) groups excluding carboxylic acids is 4. The molecule has 0 aromatic heterocycles. The van der Waals surface area contributed by atoms with Gasteiger partial charge in [0.1, 0.15) is 0 Å². The first-order valence-corrected chi connectivity index (χ1v) is 11.8. The highest BCUT2D eigenvalue weighted by molar-refractivity contribution is 9.10. The molecule has 1 heterocycles. The molecule has 5 rings (SSSR count). The number of nitrogens with zero attached hydrogens (tertiary/aromatic N) is 1. The molecule has 2 aromatic rings. The van der Waals surface area contributed by atoms with Crippen molar-refractivity contribution in [3.63, 3.8) is 0 Å². The Morgan fingerprint density at radius 3 is 2.42 bits per heavy atom. The molecule has 2 saturated carbocycles. The van der Waals surface area contributed by atoms with E-state index in [-0.39, 0.29) is 29.2 Å². The molecule has 170 valence electrons. The third-order valence-corrected chi connectivity index (χ3v) is 7.93. The summed E-state index contributed by atoms with van der Waals surface area (Å²) in [7, 11) is 0. The van der Waals surface area contributed by atoms with Gasteiger partial charge >= 0.3 is 5.97 Å². The Bertz CT molecular complexity index is 1150. The van der Waals surface area contributed by atoms with Crippen molar-refractivity contribution in [2.24, 2.45) is 23.7 Å². The Morgan fingerprint density at radius 2 is 1.76 bits per heavy atom. The minimum atomic E-state index is -0.696. The molecule has 2 bridgehead atoms. The number of fused-ring (bicyclic) bond motifs is 5. The molecule has 2 aliphatic carbocycles. The fourth-order valence-electron chi connectivity index (χ4n) is 5.57. The maximum absolute atomic E-state index is 13.0. The smallest absolute Gasteiger partial charge is 0.338 e. The molecule has 3 fully saturated rings. The first-order valence-electron chi connectivity index (χ1n) is 11.0. The van der Waals surface area contributed by atoms with E-state index in [1.54, 1.807) is 24.3 Å². The van der Waals surface area contributed by atoms with Crippen molar-refractivity contribution in [1.29, 1.82) is 0 Å². The molecule has 3 aliphatic rings. The Morgan fingerprint density at radius 1 is 1.06 bits per heavy atom. The first kappa shape index (κ1) is 21.8. The molecule has 33 heavy (non-hydrogen) atoms. The van der Waals surface area contributed by atoms with Crippen molar-refractivity contribution < 1.29 is 23.9 Å². The van der Waals surface area contributed by atoms with Crippen LogP contribution in [0.25, 0.3) is 0 Å². The molecule has 1 aliphatic heterocycles. The van der Waals surface area contributed by atoms with E-state index in [1.807, 2.05) is 13.0 Å². The number of benzene rings is 2. The van der Waals surface area contributed by atoms with Gasteiger partial charge in [0.25, 0.3) is 5.91 Å². The summed E-state index contributed by atoms with van der Waals surface area (Å²) in [4.78, 5) is 52.0. The van der Waals surface area contributed by atoms with Crippen LogP contribution in [0.2, 0.25) is 0 Å². The number of hydrogen-bond acceptors (Lipinski definition) is 5. The molecule has 1 saturated heterocycles. The fraction of sp³-hybridized carbons (Fsp3) is 0.360. The van der Waals surface area contributed by atoms with Crippen molar-refractivity contribution in [1.82, 2.24) is 0 Å². The van der Waals surface area contributed by atoms with E-state index in [1.165, 1.54) is 17.0 Å². The Kier molecular flexibility index (Phi) is 5.56. The number of imide groups is 1. The molecule has 4 atom stereocenters. The first-order chi connectivity index (χ1) is 15.8. The second-order valence-electron chi connectivity index (χ2n) is 9.04. The number of anilines is 2. The van der Waals surface area contributed by atoms with Gasteiger partial charge in [-0.3, -0.25) is 19.3 Å². The van der Waals surface area contributed by atoms with E-state index in [9.17, 15) is 19.2 Å². The van der Waals surface area contributed by atoms with Gasteiger partial charge in [0.2, 0.25) is 11.8 Å².